The van der Waals surface area contributed by atoms with Gasteiger partial charge in [-0.15, -0.1) is 0 Å². The van der Waals surface area contributed by atoms with Gasteiger partial charge in [0.05, 0.1) is 25.5 Å². The summed E-state index contributed by atoms with van der Waals surface area (Å²) in [7, 11) is -3.50. The molecule has 9 heteroatoms. The van der Waals surface area contributed by atoms with Crippen molar-refractivity contribution in [1.29, 1.82) is 0 Å². The summed E-state index contributed by atoms with van der Waals surface area (Å²) >= 11 is 0. The molecule has 0 aromatic heterocycles. The monoisotopic (exact) mass is 512 g/mol. The summed E-state index contributed by atoms with van der Waals surface area (Å²) in [5, 5.41) is 0. The van der Waals surface area contributed by atoms with Crippen LogP contribution in [0.1, 0.15) is 71.6 Å². The Labute approximate surface area is 212 Å². The standard InChI is InChI=1S/C27H32N2O6S/c1-3-34-27(31)24-19-8-4-5-9-20(19)26(30)29(22-11-7-6-10-21(22)28-36(2,32)33)25(24)18-12-13-23-17(16-18)14-15-35-23/h4-5,8-9,12-13,16,21-22,24-25,28H,3,6-7,10-11,14-15H2,1-2H3. The predicted molar refractivity (Wildman–Crippen MR) is 134 cm³/mol. The first-order chi connectivity index (χ1) is 17.3. The molecule has 2 heterocycles. The largest absolute Gasteiger partial charge is 0.493 e. The average molecular weight is 513 g/mol. The van der Waals surface area contributed by atoms with Crippen LogP contribution in [0.25, 0.3) is 0 Å². The van der Waals surface area contributed by atoms with E-state index >= 15 is 0 Å². The molecule has 0 saturated heterocycles. The van der Waals surface area contributed by atoms with Crippen LogP contribution >= 0.6 is 0 Å². The molecule has 0 spiro atoms. The van der Waals surface area contributed by atoms with Crippen LogP contribution in [0, 0.1) is 0 Å². The first-order valence-electron chi connectivity index (χ1n) is 12.6. The zero-order chi connectivity index (χ0) is 25.4. The second-order valence-corrected chi connectivity index (χ2v) is 11.6. The highest BCUT2D eigenvalue weighted by molar-refractivity contribution is 7.88. The summed E-state index contributed by atoms with van der Waals surface area (Å²) in [5.41, 5.74) is 2.96. The number of ether oxygens (including phenoxy) is 2. The van der Waals surface area contributed by atoms with Crippen molar-refractivity contribution in [1.82, 2.24) is 9.62 Å². The van der Waals surface area contributed by atoms with Crippen LogP contribution in [-0.2, 0) is 26.0 Å². The Balaban J connectivity index is 1.69. The lowest BCUT2D eigenvalue weighted by atomic mass is 9.76. The van der Waals surface area contributed by atoms with E-state index in [0.717, 1.165) is 42.4 Å². The van der Waals surface area contributed by atoms with E-state index in [1.165, 1.54) is 0 Å². The lowest BCUT2D eigenvalue weighted by molar-refractivity contribution is -0.147. The van der Waals surface area contributed by atoms with Crippen LogP contribution in [0.3, 0.4) is 0 Å². The molecule has 2 aromatic rings. The van der Waals surface area contributed by atoms with E-state index in [0.29, 0.717) is 30.6 Å². The molecule has 5 rings (SSSR count). The molecule has 4 atom stereocenters. The summed E-state index contributed by atoms with van der Waals surface area (Å²) in [6.07, 6.45) is 4.90. The molecule has 192 valence electrons. The maximum Gasteiger partial charge on any atom is 0.315 e. The van der Waals surface area contributed by atoms with Gasteiger partial charge in [0.1, 0.15) is 11.7 Å². The fourth-order valence-electron chi connectivity index (χ4n) is 6.00. The molecular weight excluding hydrogens is 480 g/mol. The van der Waals surface area contributed by atoms with Gasteiger partial charge in [-0.1, -0.05) is 37.1 Å². The fourth-order valence-corrected chi connectivity index (χ4v) is 6.83. The summed E-state index contributed by atoms with van der Waals surface area (Å²) in [4.78, 5) is 29.4. The second-order valence-electron chi connectivity index (χ2n) is 9.79. The van der Waals surface area contributed by atoms with Crippen LogP contribution in [-0.4, -0.2) is 56.7 Å². The second kappa shape index (κ2) is 9.86. The van der Waals surface area contributed by atoms with Gasteiger partial charge < -0.3 is 14.4 Å². The molecule has 1 amide bonds. The van der Waals surface area contributed by atoms with Crippen LogP contribution in [0.5, 0.6) is 5.75 Å². The third kappa shape index (κ3) is 4.62. The number of rotatable bonds is 6. The molecule has 2 aromatic carbocycles. The minimum Gasteiger partial charge on any atom is -0.493 e. The van der Waals surface area contributed by atoms with Crippen molar-refractivity contribution in [3.05, 3.63) is 64.7 Å². The van der Waals surface area contributed by atoms with Crippen molar-refractivity contribution in [2.45, 2.75) is 63.1 Å². The Hall–Kier alpha value is -2.91. The van der Waals surface area contributed by atoms with E-state index in [4.69, 9.17) is 9.47 Å². The van der Waals surface area contributed by atoms with E-state index in [1.54, 1.807) is 24.0 Å². The maximum absolute atomic E-state index is 14.1. The van der Waals surface area contributed by atoms with Gasteiger partial charge in [0.2, 0.25) is 10.0 Å². The number of benzene rings is 2. The molecule has 1 fully saturated rings. The Bertz CT molecular complexity index is 1280. The van der Waals surface area contributed by atoms with Crippen molar-refractivity contribution in [3.8, 4) is 5.75 Å². The van der Waals surface area contributed by atoms with Gasteiger partial charge in [-0.25, -0.2) is 13.1 Å². The van der Waals surface area contributed by atoms with Gasteiger partial charge in [0.15, 0.2) is 0 Å². The van der Waals surface area contributed by atoms with E-state index in [-0.39, 0.29) is 12.5 Å². The van der Waals surface area contributed by atoms with Crippen LogP contribution < -0.4 is 9.46 Å². The lowest BCUT2D eigenvalue weighted by Gasteiger charge is -2.48. The number of fused-ring (bicyclic) bond motifs is 2. The molecule has 1 saturated carbocycles. The first kappa shape index (κ1) is 24.8. The molecule has 1 aliphatic carbocycles. The predicted octanol–water partition coefficient (Wildman–Crippen LogP) is 3.33. The highest BCUT2D eigenvalue weighted by atomic mass is 32.2. The Morgan fingerprint density at radius 2 is 1.94 bits per heavy atom. The third-order valence-corrected chi connectivity index (χ3v) is 8.15. The van der Waals surface area contributed by atoms with Gasteiger partial charge in [-0.2, -0.15) is 0 Å². The zero-order valence-corrected chi connectivity index (χ0v) is 21.4. The summed E-state index contributed by atoms with van der Waals surface area (Å²) in [5.74, 6) is -0.512. The van der Waals surface area contributed by atoms with Crippen molar-refractivity contribution in [3.63, 3.8) is 0 Å². The van der Waals surface area contributed by atoms with E-state index in [2.05, 4.69) is 4.72 Å². The van der Waals surface area contributed by atoms with Crippen LogP contribution in [0.2, 0.25) is 0 Å². The minimum absolute atomic E-state index is 0.194. The fraction of sp³-hybridized carbons (Fsp3) is 0.481. The van der Waals surface area contributed by atoms with E-state index in [1.807, 2.05) is 30.3 Å². The summed E-state index contributed by atoms with van der Waals surface area (Å²) < 4.78 is 38.5. The van der Waals surface area contributed by atoms with Crippen molar-refractivity contribution >= 4 is 21.9 Å². The zero-order valence-electron chi connectivity index (χ0n) is 20.6. The number of nitrogens with one attached hydrogen (secondary N) is 1. The SMILES string of the molecule is CCOC(=O)C1c2ccccc2C(=O)N(C2CCCCC2NS(C)(=O)=O)C1c1ccc2c(c1)CCO2. The number of hydrogen-bond acceptors (Lipinski definition) is 6. The molecule has 8 nitrogen and oxygen atoms in total. The average Bonchev–Trinajstić information content (AvgIpc) is 3.32. The smallest absolute Gasteiger partial charge is 0.315 e. The number of esters is 1. The molecule has 36 heavy (non-hydrogen) atoms. The molecule has 1 N–H and O–H groups in total. The number of nitrogens with zero attached hydrogens (tertiary/aromatic N) is 1. The molecule has 0 radical (unpaired) electrons. The Morgan fingerprint density at radius 1 is 1.17 bits per heavy atom. The summed E-state index contributed by atoms with van der Waals surface area (Å²) in [6, 6.07) is 11.5. The number of amides is 1. The van der Waals surface area contributed by atoms with Crippen molar-refractivity contribution < 1.29 is 27.5 Å². The molecule has 2 aliphatic heterocycles. The number of carbonyl (C=O) groups is 2. The Kier molecular flexibility index (Phi) is 6.78. The topological polar surface area (TPSA) is 102 Å². The highest BCUT2D eigenvalue weighted by Gasteiger charge is 2.49. The van der Waals surface area contributed by atoms with Crippen LogP contribution in [0.4, 0.5) is 0 Å². The minimum atomic E-state index is -3.50. The third-order valence-electron chi connectivity index (χ3n) is 7.42. The summed E-state index contributed by atoms with van der Waals surface area (Å²) in [6.45, 7) is 2.58. The van der Waals surface area contributed by atoms with Gasteiger partial charge in [0, 0.05) is 24.1 Å². The van der Waals surface area contributed by atoms with Crippen LogP contribution in [0.15, 0.2) is 42.5 Å². The van der Waals surface area contributed by atoms with Gasteiger partial charge >= 0.3 is 5.97 Å². The molecule has 0 bridgehead atoms. The molecule has 3 aliphatic rings. The number of hydrogen-bond donors (Lipinski definition) is 1. The van der Waals surface area contributed by atoms with Gasteiger partial charge in [-0.05, 0) is 54.7 Å². The van der Waals surface area contributed by atoms with Crippen molar-refractivity contribution in [2.24, 2.45) is 0 Å². The van der Waals surface area contributed by atoms with Crippen molar-refractivity contribution in [2.75, 3.05) is 19.5 Å². The molecular formula is C27H32N2O6S. The van der Waals surface area contributed by atoms with E-state index in [9.17, 15) is 18.0 Å². The highest BCUT2D eigenvalue weighted by Crippen LogP contribution is 2.47. The lowest BCUT2D eigenvalue weighted by Crippen LogP contribution is -2.58. The molecule has 4 unspecified atom stereocenters. The number of carbonyl (C=O) groups excluding carboxylic acids is 2. The van der Waals surface area contributed by atoms with E-state index < -0.39 is 40.0 Å². The maximum atomic E-state index is 14.1. The Morgan fingerprint density at radius 3 is 2.72 bits per heavy atom. The number of sulfonamides is 1. The quantitative estimate of drug-likeness (QED) is 0.596. The van der Waals surface area contributed by atoms with Gasteiger partial charge in [0.25, 0.3) is 5.91 Å². The first-order valence-corrected chi connectivity index (χ1v) is 14.5. The normalized spacial score (nSPS) is 25.6. The van der Waals surface area contributed by atoms with Gasteiger partial charge in [-0.3, -0.25) is 9.59 Å².